The highest BCUT2D eigenvalue weighted by atomic mass is 35.5. The van der Waals surface area contributed by atoms with Gasteiger partial charge in [0.1, 0.15) is 0 Å². The summed E-state index contributed by atoms with van der Waals surface area (Å²) < 4.78 is 6.27. The van der Waals surface area contributed by atoms with Gasteiger partial charge in [0.15, 0.2) is 16.3 Å². The number of likely N-dealkylation sites (N-methyl/N-ethyl adjacent to an activating group) is 1. The van der Waals surface area contributed by atoms with Crippen LogP contribution in [0.1, 0.15) is 11.8 Å². The minimum atomic E-state index is -0.483. The monoisotopic (exact) mass is 323 g/mol. The van der Waals surface area contributed by atoms with Gasteiger partial charge < -0.3 is 15.0 Å². The second-order valence-corrected chi connectivity index (χ2v) is 6.44. The summed E-state index contributed by atoms with van der Waals surface area (Å²) >= 11 is 7.25. The number of carbonyl (C=O) groups is 1. The first-order valence-corrected chi connectivity index (χ1v) is 7.67. The first-order chi connectivity index (χ1) is 10.1. The Labute approximate surface area is 131 Å². The molecule has 0 fully saturated rings. The van der Waals surface area contributed by atoms with E-state index in [9.17, 15) is 4.79 Å². The van der Waals surface area contributed by atoms with Crippen LogP contribution in [0.25, 0.3) is 0 Å². The first kappa shape index (κ1) is 14.2. The number of nitrogens with one attached hydrogen (secondary N) is 1. The highest BCUT2D eigenvalue weighted by Gasteiger charge is 2.30. The Bertz CT molecular complexity index is 689. The Morgan fingerprint density at radius 3 is 3.05 bits per heavy atom. The van der Waals surface area contributed by atoms with Crippen molar-refractivity contribution in [3.63, 3.8) is 0 Å². The maximum absolute atomic E-state index is 11.9. The molecule has 3 rings (SSSR count). The van der Waals surface area contributed by atoms with E-state index in [1.165, 1.54) is 11.3 Å². The number of amides is 1. The van der Waals surface area contributed by atoms with Crippen LogP contribution in [0.3, 0.4) is 0 Å². The van der Waals surface area contributed by atoms with Crippen LogP contribution in [-0.4, -0.2) is 24.0 Å². The second-order valence-electron chi connectivity index (χ2n) is 4.74. The average molecular weight is 324 g/mol. The largest absolute Gasteiger partial charge is 0.477 e. The van der Waals surface area contributed by atoms with Crippen LogP contribution in [0.15, 0.2) is 24.4 Å². The van der Waals surface area contributed by atoms with Gasteiger partial charge in [0.05, 0.1) is 17.9 Å². The number of hydrogen-bond acceptors (Lipinski definition) is 5. The third kappa shape index (κ3) is 2.69. The summed E-state index contributed by atoms with van der Waals surface area (Å²) in [5.74, 6) is 0.650. The molecule has 0 spiro atoms. The summed E-state index contributed by atoms with van der Waals surface area (Å²) in [4.78, 5) is 18.6. The Balaban J connectivity index is 1.85. The number of benzene rings is 1. The molecule has 1 amide bonds. The highest BCUT2D eigenvalue weighted by molar-refractivity contribution is 7.15. The number of anilines is 2. The molecule has 1 atom stereocenters. The van der Waals surface area contributed by atoms with Crippen molar-refractivity contribution in [3.05, 3.63) is 33.7 Å². The molecule has 1 aliphatic heterocycles. The molecule has 7 heteroatoms. The average Bonchev–Trinajstić information content (AvgIpc) is 2.88. The van der Waals surface area contributed by atoms with Crippen molar-refractivity contribution in [1.82, 2.24) is 4.98 Å². The third-order valence-electron chi connectivity index (χ3n) is 3.31. The zero-order valence-electron chi connectivity index (χ0n) is 11.6. The molecule has 2 aromatic rings. The van der Waals surface area contributed by atoms with Crippen molar-refractivity contribution < 1.29 is 9.53 Å². The quantitative estimate of drug-likeness (QED) is 0.942. The Morgan fingerprint density at radius 1 is 1.52 bits per heavy atom. The molecule has 0 radical (unpaired) electrons. The number of rotatable bonds is 3. The molecule has 2 heterocycles. The lowest BCUT2D eigenvalue weighted by molar-refractivity contribution is -0.125. The SMILES string of the molecule is CC1Oc2c(NCc3cnc(Cl)s3)cccc2N(C)C1=O. The van der Waals surface area contributed by atoms with Crippen LogP contribution in [0.2, 0.25) is 4.47 Å². The van der Waals surface area contributed by atoms with Gasteiger partial charge in [-0.1, -0.05) is 17.7 Å². The van der Waals surface area contributed by atoms with Gasteiger partial charge in [-0.05, 0) is 19.1 Å². The fourth-order valence-corrected chi connectivity index (χ4v) is 3.14. The third-order valence-corrected chi connectivity index (χ3v) is 4.42. The molecule has 0 aliphatic carbocycles. The van der Waals surface area contributed by atoms with E-state index in [1.54, 1.807) is 25.1 Å². The van der Waals surface area contributed by atoms with Crippen LogP contribution in [0.4, 0.5) is 11.4 Å². The molecule has 1 aromatic carbocycles. The normalized spacial score (nSPS) is 17.4. The molecule has 1 aromatic heterocycles. The fourth-order valence-electron chi connectivity index (χ4n) is 2.22. The number of para-hydroxylation sites is 1. The van der Waals surface area contributed by atoms with Gasteiger partial charge in [-0.2, -0.15) is 0 Å². The summed E-state index contributed by atoms with van der Waals surface area (Å²) in [6, 6.07) is 5.69. The van der Waals surface area contributed by atoms with Crippen molar-refractivity contribution >= 4 is 40.2 Å². The zero-order chi connectivity index (χ0) is 15.0. The van der Waals surface area contributed by atoms with E-state index < -0.39 is 6.10 Å². The van der Waals surface area contributed by atoms with E-state index in [1.807, 2.05) is 18.2 Å². The summed E-state index contributed by atoms with van der Waals surface area (Å²) in [5.41, 5.74) is 1.62. The number of hydrogen-bond donors (Lipinski definition) is 1. The lowest BCUT2D eigenvalue weighted by atomic mass is 10.1. The number of nitrogens with zero attached hydrogens (tertiary/aromatic N) is 2. The number of thiazole rings is 1. The van der Waals surface area contributed by atoms with Gasteiger partial charge in [-0.15, -0.1) is 11.3 Å². The number of carbonyl (C=O) groups excluding carboxylic acids is 1. The zero-order valence-corrected chi connectivity index (χ0v) is 13.2. The van der Waals surface area contributed by atoms with E-state index in [2.05, 4.69) is 10.3 Å². The van der Waals surface area contributed by atoms with Gasteiger partial charge in [0.2, 0.25) is 0 Å². The maximum Gasteiger partial charge on any atom is 0.267 e. The molecular formula is C14H14ClN3O2S. The molecular weight excluding hydrogens is 310 g/mol. The summed E-state index contributed by atoms with van der Waals surface area (Å²) in [6.07, 6.45) is 1.26. The first-order valence-electron chi connectivity index (χ1n) is 6.47. The standard InChI is InChI=1S/C14H14ClN3O2S/c1-8-13(19)18(2)11-5-3-4-10(12(11)20-8)16-6-9-7-17-14(15)21-9/h3-5,7-8,16H,6H2,1-2H3. The molecule has 0 saturated heterocycles. The van der Waals surface area contributed by atoms with Gasteiger partial charge in [0.25, 0.3) is 5.91 Å². The van der Waals surface area contributed by atoms with Crippen LogP contribution >= 0.6 is 22.9 Å². The summed E-state index contributed by atoms with van der Waals surface area (Å²) in [5, 5.41) is 3.31. The van der Waals surface area contributed by atoms with Gasteiger partial charge >= 0.3 is 0 Å². The van der Waals surface area contributed by atoms with Crippen LogP contribution in [-0.2, 0) is 11.3 Å². The Morgan fingerprint density at radius 2 is 2.33 bits per heavy atom. The van der Waals surface area contributed by atoms with Crippen LogP contribution in [0, 0.1) is 0 Å². The van der Waals surface area contributed by atoms with Crippen molar-refractivity contribution in [2.45, 2.75) is 19.6 Å². The molecule has 5 nitrogen and oxygen atoms in total. The number of ether oxygens (including phenoxy) is 1. The highest BCUT2D eigenvalue weighted by Crippen LogP contribution is 2.39. The lowest BCUT2D eigenvalue weighted by Gasteiger charge is -2.31. The summed E-state index contributed by atoms with van der Waals surface area (Å²) in [7, 11) is 1.76. The molecule has 110 valence electrons. The van der Waals surface area contributed by atoms with E-state index in [4.69, 9.17) is 16.3 Å². The second kappa shape index (κ2) is 5.54. The van der Waals surface area contributed by atoms with Crippen molar-refractivity contribution in [3.8, 4) is 5.75 Å². The maximum atomic E-state index is 11.9. The van der Waals surface area contributed by atoms with Gasteiger partial charge in [-0.25, -0.2) is 4.98 Å². The molecule has 1 aliphatic rings. The van der Waals surface area contributed by atoms with E-state index in [-0.39, 0.29) is 5.91 Å². The fraction of sp³-hybridized carbons (Fsp3) is 0.286. The predicted molar refractivity (Wildman–Crippen MR) is 84.4 cm³/mol. The molecule has 1 N–H and O–H groups in total. The number of aromatic nitrogens is 1. The predicted octanol–water partition coefficient (Wildman–Crippen LogP) is 3.15. The van der Waals surface area contributed by atoms with Gasteiger partial charge in [-0.3, -0.25) is 4.79 Å². The van der Waals surface area contributed by atoms with Crippen molar-refractivity contribution in [2.75, 3.05) is 17.3 Å². The minimum Gasteiger partial charge on any atom is -0.477 e. The van der Waals surface area contributed by atoms with E-state index in [0.717, 1.165) is 16.3 Å². The number of fused-ring (bicyclic) bond motifs is 1. The minimum absolute atomic E-state index is 0.0473. The molecule has 0 bridgehead atoms. The van der Waals surface area contributed by atoms with E-state index in [0.29, 0.717) is 16.8 Å². The topological polar surface area (TPSA) is 54.5 Å². The Hall–Kier alpha value is -1.79. The van der Waals surface area contributed by atoms with E-state index >= 15 is 0 Å². The van der Waals surface area contributed by atoms with Crippen LogP contribution in [0.5, 0.6) is 5.75 Å². The summed E-state index contributed by atoms with van der Waals surface area (Å²) in [6.45, 7) is 2.36. The van der Waals surface area contributed by atoms with Crippen molar-refractivity contribution in [2.24, 2.45) is 0 Å². The smallest absolute Gasteiger partial charge is 0.267 e. The van der Waals surface area contributed by atoms with Gasteiger partial charge in [0, 0.05) is 18.1 Å². The van der Waals surface area contributed by atoms with Crippen LogP contribution < -0.4 is 15.0 Å². The molecule has 21 heavy (non-hydrogen) atoms. The molecule has 0 saturated carbocycles. The lowest BCUT2D eigenvalue weighted by Crippen LogP contribution is -2.42. The number of halogens is 1. The Kier molecular flexibility index (Phi) is 3.73. The van der Waals surface area contributed by atoms with Crippen molar-refractivity contribution in [1.29, 1.82) is 0 Å². The molecule has 1 unspecified atom stereocenters.